The number of ether oxygens (including phenoxy) is 1. The average Bonchev–Trinajstić information content (AvgIpc) is 2.25. The summed E-state index contributed by atoms with van der Waals surface area (Å²) in [4.78, 5) is 0. The zero-order chi connectivity index (χ0) is 10.2. The molecule has 0 saturated heterocycles. The molecule has 0 amide bonds. The molecule has 0 aliphatic carbocycles. The molecule has 14 heavy (non-hydrogen) atoms. The topological polar surface area (TPSA) is 9.23 Å². The number of hydrogen-bond donors (Lipinski definition) is 0. The molecule has 1 atom stereocenters. The van der Waals surface area contributed by atoms with Crippen LogP contribution in [0, 0.1) is 0 Å². The van der Waals surface area contributed by atoms with Crippen LogP contribution in [0.15, 0.2) is 42.5 Å². The van der Waals surface area contributed by atoms with Gasteiger partial charge >= 0.3 is 0 Å². The normalized spacial score (nSPS) is 13.3. The molecule has 1 heteroatoms. The maximum Gasteiger partial charge on any atom is 0.0792 e. The van der Waals surface area contributed by atoms with Gasteiger partial charge in [0.15, 0.2) is 0 Å². The van der Waals surface area contributed by atoms with Crippen molar-refractivity contribution in [3.05, 3.63) is 48.0 Å². The summed E-state index contributed by atoms with van der Waals surface area (Å²) in [5, 5.41) is 0. The molecule has 0 unspecified atom stereocenters. The number of rotatable bonds is 5. The van der Waals surface area contributed by atoms with Gasteiger partial charge in [0.05, 0.1) is 6.10 Å². The van der Waals surface area contributed by atoms with Crippen LogP contribution < -0.4 is 0 Å². The molecule has 0 radical (unpaired) electrons. The largest absolute Gasteiger partial charge is 0.377 e. The van der Waals surface area contributed by atoms with Crippen molar-refractivity contribution in [1.82, 2.24) is 0 Å². The standard InChI is InChI=1S/C13H18O/c1-3-4-10-13(14-2)11-12-8-6-5-7-9-12/h4-10,13H,3,11H2,1-2H3/b10-4+/t13-/m0/s1. The maximum absolute atomic E-state index is 5.37. The molecule has 1 nitrogen and oxygen atoms in total. The van der Waals surface area contributed by atoms with Crippen molar-refractivity contribution in [2.24, 2.45) is 0 Å². The van der Waals surface area contributed by atoms with E-state index in [0.29, 0.717) is 0 Å². The van der Waals surface area contributed by atoms with E-state index in [4.69, 9.17) is 4.74 Å². The Hall–Kier alpha value is -1.08. The summed E-state index contributed by atoms with van der Waals surface area (Å²) < 4.78 is 5.37. The van der Waals surface area contributed by atoms with E-state index >= 15 is 0 Å². The highest BCUT2D eigenvalue weighted by atomic mass is 16.5. The fourth-order valence-corrected chi connectivity index (χ4v) is 1.36. The Kier molecular flexibility index (Phi) is 5.02. The van der Waals surface area contributed by atoms with E-state index in [2.05, 4.69) is 43.3 Å². The van der Waals surface area contributed by atoms with E-state index in [1.54, 1.807) is 7.11 Å². The fourth-order valence-electron chi connectivity index (χ4n) is 1.36. The second-order valence-corrected chi connectivity index (χ2v) is 3.30. The second-order valence-electron chi connectivity index (χ2n) is 3.30. The van der Waals surface area contributed by atoms with Crippen molar-refractivity contribution in [3.8, 4) is 0 Å². The van der Waals surface area contributed by atoms with Gasteiger partial charge in [-0.25, -0.2) is 0 Å². The second kappa shape index (κ2) is 6.39. The molecule has 0 aromatic heterocycles. The molecule has 0 fully saturated rings. The van der Waals surface area contributed by atoms with E-state index in [9.17, 15) is 0 Å². The molecule has 0 bridgehead atoms. The molecule has 1 aromatic rings. The van der Waals surface area contributed by atoms with Crippen molar-refractivity contribution >= 4 is 0 Å². The predicted octanol–water partition coefficient (Wildman–Crippen LogP) is 3.21. The number of hydrogen-bond acceptors (Lipinski definition) is 1. The third-order valence-corrected chi connectivity index (χ3v) is 2.17. The lowest BCUT2D eigenvalue weighted by Gasteiger charge is -2.10. The van der Waals surface area contributed by atoms with E-state index in [1.165, 1.54) is 5.56 Å². The van der Waals surface area contributed by atoms with Crippen LogP contribution >= 0.6 is 0 Å². The Morgan fingerprint density at radius 2 is 2.00 bits per heavy atom. The van der Waals surface area contributed by atoms with Gasteiger partial charge in [0, 0.05) is 13.5 Å². The van der Waals surface area contributed by atoms with Gasteiger partial charge in [-0.2, -0.15) is 0 Å². The lowest BCUT2D eigenvalue weighted by Crippen LogP contribution is -2.10. The Bertz CT molecular complexity index is 264. The molecule has 0 aliphatic heterocycles. The molecule has 0 saturated carbocycles. The zero-order valence-electron chi connectivity index (χ0n) is 8.94. The van der Waals surface area contributed by atoms with Crippen LogP contribution in [0.25, 0.3) is 0 Å². The summed E-state index contributed by atoms with van der Waals surface area (Å²) in [6.07, 6.45) is 6.50. The first-order valence-corrected chi connectivity index (χ1v) is 5.10. The Balaban J connectivity index is 2.53. The molecular weight excluding hydrogens is 172 g/mol. The van der Waals surface area contributed by atoms with Crippen molar-refractivity contribution in [1.29, 1.82) is 0 Å². The molecule has 1 aromatic carbocycles. The summed E-state index contributed by atoms with van der Waals surface area (Å²) in [7, 11) is 1.76. The first kappa shape index (κ1) is 11.0. The first-order valence-electron chi connectivity index (χ1n) is 5.10. The van der Waals surface area contributed by atoms with Gasteiger partial charge < -0.3 is 4.74 Å². The molecule has 76 valence electrons. The third-order valence-electron chi connectivity index (χ3n) is 2.17. The predicted molar refractivity (Wildman–Crippen MR) is 60.4 cm³/mol. The van der Waals surface area contributed by atoms with Gasteiger partial charge in [-0.15, -0.1) is 0 Å². The highest BCUT2D eigenvalue weighted by Gasteiger charge is 2.02. The van der Waals surface area contributed by atoms with Crippen LogP contribution in [0.4, 0.5) is 0 Å². The Morgan fingerprint density at radius 3 is 2.57 bits per heavy atom. The number of methoxy groups -OCH3 is 1. The smallest absolute Gasteiger partial charge is 0.0792 e. The molecular formula is C13H18O. The summed E-state index contributed by atoms with van der Waals surface area (Å²) >= 11 is 0. The SMILES string of the molecule is CC/C=C/[C@@H](Cc1ccccc1)OC. The van der Waals surface area contributed by atoms with Crippen molar-refractivity contribution in [2.45, 2.75) is 25.9 Å². The minimum atomic E-state index is 0.206. The van der Waals surface area contributed by atoms with Gasteiger partial charge in [-0.05, 0) is 12.0 Å². The van der Waals surface area contributed by atoms with Crippen LogP contribution in [0.3, 0.4) is 0 Å². The lowest BCUT2D eigenvalue weighted by atomic mass is 10.1. The van der Waals surface area contributed by atoms with Gasteiger partial charge in [-0.3, -0.25) is 0 Å². The molecule has 1 rings (SSSR count). The molecule has 0 spiro atoms. The Morgan fingerprint density at radius 1 is 1.29 bits per heavy atom. The summed E-state index contributed by atoms with van der Waals surface area (Å²) in [6, 6.07) is 10.4. The van der Waals surface area contributed by atoms with Crippen LogP contribution in [-0.2, 0) is 11.2 Å². The first-order chi connectivity index (χ1) is 6.86. The van der Waals surface area contributed by atoms with Crippen LogP contribution in [0.5, 0.6) is 0 Å². The lowest BCUT2D eigenvalue weighted by molar-refractivity contribution is 0.141. The van der Waals surface area contributed by atoms with E-state index in [0.717, 1.165) is 12.8 Å². The van der Waals surface area contributed by atoms with Crippen molar-refractivity contribution in [2.75, 3.05) is 7.11 Å². The zero-order valence-corrected chi connectivity index (χ0v) is 8.94. The van der Waals surface area contributed by atoms with Crippen molar-refractivity contribution in [3.63, 3.8) is 0 Å². The van der Waals surface area contributed by atoms with Gasteiger partial charge in [-0.1, -0.05) is 49.4 Å². The average molecular weight is 190 g/mol. The minimum absolute atomic E-state index is 0.206. The highest BCUT2D eigenvalue weighted by Crippen LogP contribution is 2.06. The molecule has 0 N–H and O–H groups in total. The van der Waals surface area contributed by atoms with Gasteiger partial charge in [0.2, 0.25) is 0 Å². The number of allylic oxidation sites excluding steroid dienone is 1. The van der Waals surface area contributed by atoms with Crippen molar-refractivity contribution < 1.29 is 4.74 Å². The van der Waals surface area contributed by atoms with Gasteiger partial charge in [0.1, 0.15) is 0 Å². The molecule has 0 heterocycles. The van der Waals surface area contributed by atoms with E-state index < -0.39 is 0 Å². The van der Waals surface area contributed by atoms with Crippen LogP contribution in [-0.4, -0.2) is 13.2 Å². The monoisotopic (exact) mass is 190 g/mol. The van der Waals surface area contributed by atoms with Gasteiger partial charge in [0.25, 0.3) is 0 Å². The van der Waals surface area contributed by atoms with E-state index in [-0.39, 0.29) is 6.10 Å². The summed E-state index contributed by atoms with van der Waals surface area (Å²) in [6.45, 7) is 2.13. The minimum Gasteiger partial charge on any atom is -0.377 e. The molecule has 0 aliphatic rings. The van der Waals surface area contributed by atoms with Crippen LogP contribution in [0.1, 0.15) is 18.9 Å². The Labute approximate surface area is 86.4 Å². The summed E-state index contributed by atoms with van der Waals surface area (Å²) in [5.41, 5.74) is 1.32. The number of benzene rings is 1. The van der Waals surface area contributed by atoms with Crippen LogP contribution in [0.2, 0.25) is 0 Å². The fraction of sp³-hybridized carbons (Fsp3) is 0.385. The summed E-state index contributed by atoms with van der Waals surface area (Å²) in [5.74, 6) is 0. The highest BCUT2D eigenvalue weighted by molar-refractivity contribution is 5.16. The third kappa shape index (κ3) is 3.75. The maximum atomic E-state index is 5.37. The van der Waals surface area contributed by atoms with E-state index in [1.807, 2.05) is 6.07 Å². The quantitative estimate of drug-likeness (QED) is 0.648.